The van der Waals surface area contributed by atoms with E-state index in [2.05, 4.69) is 10.3 Å². The largest absolute Gasteiger partial charge is 0.417 e. The smallest absolute Gasteiger partial charge is 0.351 e. The Morgan fingerprint density at radius 2 is 1.69 bits per heavy atom. The number of hydrogen-bond acceptors (Lipinski definition) is 6. The van der Waals surface area contributed by atoms with Crippen LogP contribution in [-0.4, -0.2) is 51.5 Å². The molecule has 202 valence electrons. The molecular formula is C20H21F7N2O5S2. The van der Waals surface area contributed by atoms with Crippen LogP contribution >= 0.6 is 0 Å². The van der Waals surface area contributed by atoms with E-state index in [1.54, 1.807) is 0 Å². The van der Waals surface area contributed by atoms with Gasteiger partial charge in [-0.05, 0) is 44.9 Å². The van der Waals surface area contributed by atoms with E-state index in [1.165, 1.54) is 0 Å². The fourth-order valence-electron chi connectivity index (χ4n) is 3.23. The summed E-state index contributed by atoms with van der Waals surface area (Å²) in [6.45, 7) is 1.78. The fraction of sp³-hybridized carbons (Fsp3) is 0.500. The predicted molar refractivity (Wildman–Crippen MR) is 114 cm³/mol. The Bertz CT molecular complexity index is 1310. The van der Waals surface area contributed by atoms with Gasteiger partial charge in [0.25, 0.3) is 5.91 Å². The molecule has 0 radical (unpaired) electrons. The maximum absolute atomic E-state index is 13.8. The first-order valence-corrected chi connectivity index (χ1v) is 13.4. The number of halogens is 7. The second-order valence-corrected chi connectivity index (χ2v) is 13.2. The second-order valence-electron chi connectivity index (χ2n) is 8.62. The van der Waals surface area contributed by atoms with Crippen LogP contribution in [0.25, 0.3) is 0 Å². The highest BCUT2D eigenvalue weighted by Crippen LogP contribution is 2.41. The minimum Gasteiger partial charge on any atom is -0.351 e. The summed E-state index contributed by atoms with van der Waals surface area (Å²) >= 11 is 0. The number of amides is 1. The van der Waals surface area contributed by atoms with Gasteiger partial charge in [0.1, 0.15) is 11.5 Å². The third-order valence-electron chi connectivity index (χ3n) is 5.38. The summed E-state index contributed by atoms with van der Waals surface area (Å²) in [5, 5.41) is 2.15. The van der Waals surface area contributed by atoms with Crippen molar-refractivity contribution < 1.29 is 52.4 Å². The number of hydrogen-bond donors (Lipinski definition) is 1. The molecule has 16 heteroatoms. The number of rotatable bonds is 7. The standard InChI is InChI=1S/C20H21F7N2O5S2/c1-18(2,36(33,34)14-7-11(19(22,23)24)6-13(21)9-14)4-5-28-17(30)16-15(35(3,31)32)8-12(10-29-16)20(25,26)27/h6,8-11H,4-5,7H2,1-3H3,(H,28,30). The number of pyridine rings is 1. The van der Waals surface area contributed by atoms with Gasteiger partial charge in [0.15, 0.2) is 19.7 Å². The second kappa shape index (κ2) is 9.76. The third-order valence-corrected chi connectivity index (χ3v) is 9.12. The molecule has 1 atom stereocenters. The Labute approximate surface area is 202 Å². The molecule has 1 unspecified atom stereocenters. The summed E-state index contributed by atoms with van der Waals surface area (Å²) < 4.78 is 140. The number of sulfone groups is 2. The molecule has 1 aromatic heterocycles. The van der Waals surface area contributed by atoms with E-state index >= 15 is 0 Å². The van der Waals surface area contributed by atoms with Crippen LogP contribution < -0.4 is 5.32 Å². The molecule has 1 aliphatic carbocycles. The summed E-state index contributed by atoms with van der Waals surface area (Å²) in [6.07, 6.45) is -9.67. The molecule has 0 spiro atoms. The zero-order chi connectivity index (χ0) is 27.9. The van der Waals surface area contributed by atoms with Gasteiger partial charge in [0.05, 0.1) is 21.1 Å². The van der Waals surface area contributed by atoms with E-state index in [0.717, 1.165) is 13.8 Å². The molecule has 0 aromatic carbocycles. The number of alkyl halides is 6. The molecule has 1 N–H and O–H groups in total. The topological polar surface area (TPSA) is 110 Å². The molecule has 2 rings (SSSR count). The van der Waals surface area contributed by atoms with Crippen molar-refractivity contribution in [2.75, 3.05) is 12.8 Å². The molecule has 1 aliphatic rings. The minimum absolute atomic E-state index is 0.236. The molecule has 36 heavy (non-hydrogen) atoms. The first kappa shape index (κ1) is 29.7. The number of aromatic nitrogens is 1. The number of nitrogens with one attached hydrogen (secondary N) is 1. The lowest BCUT2D eigenvalue weighted by molar-refractivity contribution is -0.161. The van der Waals surface area contributed by atoms with E-state index in [0.29, 0.717) is 12.3 Å². The lowest BCUT2D eigenvalue weighted by Crippen LogP contribution is -2.39. The van der Waals surface area contributed by atoms with Gasteiger partial charge in [-0.3, -0.25) is 4.79 Å². The van der Waals surface area contributed by atoms with Gasteiger partial charge >= 0.3 is 12.4 Å². The van der Waals surface area contributed by atoms with Gasteiger partial charge in [-0.2, -0.15) is 26.3 Å². The molecule has 0 saturated carbocycles. The fourth-order valence-corrected chi connectivity index (χ4v) is 5.81. The van der Waals surface area contributed by atoms with Crippen molar-refractivity contribution in [1.29, 1.82) is 0 Å². The van der Waals surface area contributed by atoms with Crippen LogP contribution in [0.3, 0.4) is 0 Å². The van der Waals surface area contributed by atoms with Crippen LogP contribution in [0.4, 0.5) is 30.7 Å². The highest BCUT2D eigenvalue weighted by Gasteiger charge is 2.45. The van der Waals surface area contributed by atoms with E-state index in [-0.39, 0.29) is 18.3 Å². The summed E-state index contributed by atoms with van der Waals surface area (Å²) in [6, 6.07) is 0.236. The number of nitrogens with zero attached hydrogens (tertiary/aromatic N) is 1. The van der Waals surface area contributed by atoms with Crippen LogP contribution in [0.15, 0.2) is 40.0 Å². The van der Waals surface area contributed by atoms with Crippen LogP contribution in [-0.2, 0) is 25.9 Å². The van der Waals surface area contributed by atoms with Crippen LogP contribution in [0.2, 0.25) is 0 Å². The van der Waals surface area contributed by atoms with Gasteiger partial charge in [0.2, 0.25) is 0 Å². The quantitative estimate of drug-likeness (QED) is 0.497. The minimum atomic E-state index is -4.94. The Hall–Kier alpha value is -2.49. The molecule has 7 nitrogen and oxygen atoms in total. The van der Waals surface area contributed by atoms with Gasteiger partial charge in [0, 0.05) is 23.9 Å². The Morgan fingerprint density at radius 3 is 2.19 bits per heavy atom. The Kier molecular flexibility index (Phi) is 8.06. The lowest BCUT2D eigenvalue weighted by Gasteiger charge is -2.29. The monoisotopic (exact) mass is 566 g/mol. The third kappa shape index (κ3) is 6.63. The number of carbonyl (C=O) groups is 1. The summed E-state index contributed by atoms with van der Waals surface area (Å²) in [5.41, 5.74) is -2.27. The van der Waals surface area contributed by atoms with Crippen LogP contribution in [0.5, 0.6) is 0 Å². The summed E-state index contributed by atoms with van der Waals surface area (Å²) in [5.74, 6) is -4.93. The molecule has 0 bridgehead atoms. The van der Waals surface area contributed by atoms with Crippen LogP contribution in [0, 0.1) is 5.92 Å². The summed E-state index contributed by atoms with van der Waals surface area (Å²) in [7, 11) is -8.85. The van der Waals surface area contributed by atoms with Gasteiger partial charge in [-0.25, -0.2) is 26.2 Å². The maximum atomic E-state index is 13.8. The van der Waals surface area contributed by atoms with Crippen molar-refractivity contribution in [2.45, 2.75) is 48.7 Å². The van der Waals surface area contributed by atoms with Crippen molar-refractivity contribution in [3.8, 4) is 0 Å². The van der Waals surface area contributed by atoms with Crippen LogP contribution in [0.1, 0.15) is 42.7 Å². The average Bonchev–Trinajstić information content (AvgIpc) is 2.70. The van der Waals surface area contributed by atoms with E-state index < -0.39 is 94.9 Å². The van der Waals surface area contributed by atoms with Crippen molar-refractivity contribution in [2.24, 2.45) is 5.92 Å². The van der Waals surface area contributed by atoms with Crippen molar-refractivity contribution in [3.05, 3.63) is 46.4 Å². The number of allylic oxidation sites excluding steroid dienone is 4. The average molecular weight is 567 g/mol. The van der Waals surface area contributed by atoms with Gasteiger partial charge in [-0.1, -0.05) is 0 Å². The molecule has 0 fully saturated rings. The predicted octanol–water partition coefficient (Wildman–Crippen LogP) is 4.14. The molecule has 0 aliphatic heterocycles. The molecule has 1 aromatic rings. The normalized spacial score (nSPS) is 17.9. The lowest BCUT2D eigenvalue weighted by atomic mass is 10.00. The molecular weight excluding hydrogens is 545 g/mol. The van der Waals surface area contributed by atoms with Gasteiger partial charge in [-0.15, -0.1) is 0 Å². The Balaban J connectivity index is 2.22. The summed E-state index contributed by atoms with van der Waals surface area (Å²) in [4.78, 5) is 13.9. The van der Waals surface area contributed by atoms with E-state index in [1.807, 2.05) is 0 Å². The van der Waals surface area contributed by atoms with Crippen molar-refractivity contribution >= 4 is 25.6 Å². The number of carbonyl (C=O) groups excluding carboxylic acids is 1. The first-order valence-electron chi connectivity index (χ1n) is 10.0. The first-order chi connectivity index (χ1) is 16.1. The molecule has 0 saturated heterocycles. The molecule has 1 heterocycles. The van der Waals surface area contributed by atoms with E-state index in [4.69, 9.17) is 0 Å². The SMILES string of the molecule is CC(C)(CCNC(=O)c1ncc(C(F)(F)F)cc1S(C)(=O)=O)S(=O)(=O)C1=CC(F)=CC(C(F)(F)F)C1. The van der Waals surface area contributed by atoms with E-state index in [9.17, 15) is 52.4 Å². The zero-order valence-electron chi connectivity index (χ0n) is 19.0. The van der Waals surface area contributed by atoms with Gasteiger partial charge < -0.3 is 5.32 Å². The highest BCUT2D eigenvalue weighted by molar-refractivity contribution is 7.96. The maximum Gasteiger partial charge on any atom is 0.417 e. The molecule has 1 amide bonds. The van der Waals surface area contributed by atoms with Crippen molar-refractivity contribution in [3.63, 3.8) is 0 Å². The Morgan fingerprint density at radius 1 is 1.11 bits per heavy atom. The van der Waals surface area contributed by atoms with Crippen molar-refractivity contribution in [1.82, 2.24) is 10.3 Å². The highest BCUT2D eigenvalue weighted by atomic mass is 32.2. The zero-order valence-corrected chi connectivity index (χ0v) is 20.6.